The molecule has 4 rings (SSSR count). The summed E-state index contributed by atoms with van der Waals surface area (Å²) in [6.45, 7) is 2.30. The molecular formula is C20H25N5O3. The number of hydrogen-bond donors (Lipinski definition) is 2. The summed E-state index contributed by atoms with van der Waals surface area (Å²) in [6, 6.07) is 7.46. The molecule has 0 aliphatic carbocycles. The van der Waals surface area contributed by atoms with Gasteiger partial charge < -0.3 is 20.8 Å². The van der Waals surface area contributed by atoms with Gasteiger partial charge in [-0.25, -0.2) is 9.66 Å². The third-order valence-electron chi connectivity index (χ3n) is 5.85. The van der Waals surface area contributed by atoms with Crippen LogP contribution in [-0.4, -0.2) is 53.6 Å². The first-order valence-electron chi connectivity index (χ1n) is 9.62. The molecule has 3 heterocycles. The number of fused-ring (bicyclic) bond motifs is 1. The Morgan fingerprint density at radius 2 is 1.96 bits per heavy atom. The molecule has 148 valence electrons. The fourth-order valence-corrected chi connectivity index (χ4v) is 4.36. The number of imidazole rings is 1. The molecule has 2 aromatic rings. The molecule has 1 fully saturated rings. The minimum absolute atomic E-state index is 0.236. The van der Waals surface area contributed by atoms with E-state index in [1.54, 1.807) is 11.8 Å². The van der Waals surface area contributed by atoms with E-state index in [4.69, 9.17) is 15.5 Å². The molecule has 0 radical (unpaired) electrons. The van der Waals surface area contributed by atoms with Crippen LogP contribution in [-0.2, 0) is 4.79 Å². The maximum Gasteiger partial charge on any atom is 0.269 e. The molecule has 3 N–H and O–H groups in total. The fraction of sp³-hybridized carbons (Fsp3) is 0.450. The standard InChI is InChI=1S/C20H25N5O3/c1-28-15-4-2-14(3-5-15)17-18(19(21)27)25-20(23-17)16(6-9-22-25)13-7-10-24(12-26)11-8-13/h2-5,12-13,16,22H,6-11H2,1H3,(H2,21,27). The van der Waals surface area contributed by atoms with Crippen molar-refractivity contribution in [2.75, 3.05) is 32.2 Å². The number of nitrogens with two attached hydrogens (primary N) is 1. The van der Waals surface area contributed by atoms with E-state index in [2.05, 4.69) is 5.43 Å². The van der Waals surface area contributed by atoms with Gasteiger partial charge in [0.05, 0.1) is 7.11 Å². The molecule has 1 unspecified atom stereocenters. The molecule has 8 nitrogen and oxygen atoms in total. The number of benzene rings is 1. The number of nitrogens with one attached hydrogen (secondary N) is 1. The molecule has 0 bridgehead atoms. The second-order valence-corrected chi connectivity index (χ2v) is 7.38. The number of amides is 2. The molecule has 1 saturated heterocycles. The molecule has 2 amide bonds. The van der Waals surface area contributed by atoms with Gasteiger partial charge in [0.2, 0.25) is 6.41 Å². The third-order valence-corrected chi connectivity index (χ3v) is 5.85. The van der Waals surface area contributed by atoms with E-state index in [1.165, 1.54) is 0 Å². The molecule has 2 aliphatic rings. The van der Waals surface area contributed by atoms with Crippen molar-refractivity contribution in [2.45, 2.75) is 25.2 Å². The van der Waals surface area contributed by atoms with Gasteiger partial charge in [-0.05, 0) is 49.4 Å². The van der Waals surface area contributed by atoms with Crippen LogP contribution in [0.4, 0.5) is 0 Å². The lowest BCUT2D eigenvalue weighted by Crippen LogP contribution is -2.39. The topological polar surface area (TPSA) is 102 Å². The Kier molecular flexibility index (Phi) is 4.93. The van der Waals surface area contributed by atoms with E-state index in [-0.39, 0.29) is 5.92 Å². The molecular weight excluding hydrogens is 358 g/mol. The van der Waals surface area contributed by atoms with Gasteiger partial charge in [0, 0.05) is 31.1 Å². The van der Waals surface area contributed by atoms with E-state index in [1.807, 2.05) is 29.2 Å². The first-order valence-corrected chi connectivity index (χ1v) is 9.62. The van der Waals surface area contributed by atoms with Gasteiger partial charge in [-0.15, -0.1) is 0 Å². The monoisotopic (exact) mass is 383 g/mol. The zero-order valence-corrected chi connectivity index (χ0v) is 15.9. The Morgan fingerprint density at radius 3 is 2.57 bits per heavy atom. The van der Waals surface area contributed by atoms with Gasteiger partial charge in [0.1, 0.15) is 17.3 Å². The first-order chi connectivity index (χ1) is 13.6. The highest BCUT2D eigenvalue weighted by Crippen LogP contribution is 2.38. The summed E-state index contributed by atoms with van der Waals surface area (Å²) in [6.07, 6.45) is 3.76. The lowest BCUT2D eigenvalue weighted by molar-refractivity contribution is -0.119. The van der Waals surface area contributed by atoms with Crippen LogP contribution in [0.5, 0.6) is 5.75 Å². The van der Waals surface area contributed by atoms with Crippen molar-refractivity contribution in [2.24, 2.45) is 11.7 Å². The molecule has 1 aromatic carbocycles. The molecule has 0 saturated carbocycles. The van der Waals surface area contributed by atoms with Gasteiger partial charge in [-0.1, -0.05) is 0 Å². The number of primary amides is 1. The summed E-state index contributed by atoms with van der Waals surface area (Å²) in [5.74, 6) is 1.76. The molecule has 28 heavy (non-hydrogen) atoms. The highest BCUT2D eigenvalue weighted by atomic mass is 16.5. The van der Waals surface area contributed by atoms with Crippen LogP contribution in [0, 0.1) is 5.92 Å². The van der Waals surface area contributed by atoms with Crippen molar-refractivity contribution in [1.82, 2.24) is 14.6 Å². The summed E-state index contributed by atoms with van der Waals surface area (Å²) < 4.78 is 7.00. The SMILES string of the molecule is COc1ccc(-c2nc3n(c2C(N)=O)NCCC3C2CCN(C=O)CC2)cc1. The number of carbonyl (C=O) groups excluding carboxylic acids is 2. The maximum absolute atomic E-state index is 12.3. The van der Waals surface area contributed by atoms with Gasteiger partial charge in [-0.3, -0.25) is 9.59 Å². The predicted molar refractivity (Wildman–Crippen MR) is 105 cm³/mol. The van der Waals surface area contributed by atoms with Crippen molar-refractivity contribution < 1.29 is 14.3 Å². The van der Waals surface area contributed by atoms with Gasteiger partial charge >= 0.3 is 0 Å². The van der Waals surface area contributed by atoms with Crippen molar-refractivity contribution in [3.63, 3.8) is 0 Å². The van der Waals surface area contributed by atoms with E-state index in [9.17, 15) is 9.59 Å². The fourth-order valence-electron chi connectivity index (χ4n) is 4.36. The lowest BCUT2D eigenvalue weighted by Gasteiger charge is -2.36. The second-order valence-electron chi connectivity index (χ2n) is 7.38. The number of ether oxygens (including phenoxy) is 1. The van der Waals surface area contributed by atoms with Crippen LogP contribution in [0.25, 0.3) is 11.3 Å². The molecule has 1 atom stereocenters. The van der Waals surface area contributed by atoms with Crippen LogP contribution in [0.15, 0.2) is 24.3 Å². The molecule has 1 aromatic heterocycles. The number of nitrogens with zero attached hydrogens (tertiary/aromatic N) is 3. The normalized spacial score (nSPS) is 19.6. The van der Waals surface area contributed by atoms with Gasteiger partial charge in [0.25, 0.3) is 5.91 Å². The first kappa shape index (κ1) is 18.3. The third kappa shape index (κ3) is 3.19. The van der Waals surface area contributed by atoms with Gasteiger partial charge in [-0.2, -0.15) is 0 Å². The number of methoxy groups -OCH3 is 1. The molecule has 2 aliphatic heterocycles. The van der Waals surface area contributed by atoms with Crippen molar-refractivity contribution in [3.05, 3.63) is 35.8 Å². The summed E-state index contributed by atoms with van der Waals surface area (Å²) in [5, 5.41) is 0. The summed E-state index contributed by atoms with van der Waals surface area (Å²) in [5.41, 5.74) is 10.8. The van der Waals surface area contributed by atoms with Crippen LogP contribution in [0.3, 0.4) is 0 Å². The molecule has 8 heteroatoms. The Bertz CT molecular complexity index is 869. The summed E-state index contributed by atoms with van der Waals surface area (Å²) in [4.78, 5) is 30.0. The average molecular weight is 383 g/mol. The quantitative estimate of drug-likeness (QED) is 0.763. The maximum atomic E-state index is 12.3. The van der Waals surface area contributed by atoms with E-state index in [0.29, 0.717) is 17.3 Å². The Balaban J connectivity index is 1.71. The van der Waals surface area contributed by atoms with Gasteiger partial charge in [0.15, 0.2) is 5.69 Å². The van der Waals surface area contributed by atoms with Crippen molar-refractivity contribution in [1.29, 1.82) is 0 Å². The van der Waals surface area contributed by atoms with Crippen molar-refractivity contribution in [3.8, 4) is 17.0 Å². The number of piperidine rings is 1. The van der Waals surface area contributed by atoms with Crippen LogP contribution >= 0.6 is 0 Å². The highest BCUT2D eigenvalue weighted by molar-refractivity contribution is 5.97. The molecule has 0 spiro atoms. The van der Waals surface area contributed by atoms with Crippen LogP contribution in [0.2, 0.25) is 0 Å². The number of carbonyl (C=O) groups is 2. The predicted octanol–water partition coefficient (Wildman–Crippen LogP) is 1.56. The highest BCUT2D eigenvalue weighted by Gasteiger charge is 2.35. The number of rotatable bonds is 5. The van der Waals surface area contributed by atoms with Crippen LogP contribution in [0.1, 0.15) is 41.5 Å². The summed E-state index contributed by atoms with van der Waals surface area (Å²) >= 11 is 0. The second kappa shape index (κ2) is 7.53. The minimum atomic E-state index is -0.506. The Morgan fingerprint density at radius 1 is 1.25 bits per heavy atom. The Hall–Kier alpha value is -3.03. The summed E-state index contributed by atoms with van der Waals surface area (Å²) in [7, 11) is 1.61. The van der Waals surface area contributed by atoms with Crippen LogP contribution < -0.4 is 15.9 Å². The zero-order valence-electron chi connectivity index (χ0n) is 15.9. The van der Waals surface area contributed by atoms with Crippen molar-refractivity contribution >= 4 is 12.3 Å². The lowest BCUT2D eigenvalue weighted by atomic mass is 9.81. The van der Waals surface area contributed by atoms with E-state index >= 15 is 0 Å². The number of hydrogen-bond acceptors (Lipinski definition) is 5. The largest absolute Gasteiger partial charge is 0.497 e. The number of aromatic nitrogens is 2. The van der Waals surface area contributed by atoms with E-state index < -0.39 is 5.91 Å². The zero-order chi connectivity index (χ0) is 19.7. The van der Waals surface area contributed by atoms with E-state index in [0.717, 1.165) is 62.4 Å². The average Bonchev–Trinajstić information content (AvgIpc) is 3.14. The smallest absolute Gasteiger partial charge is 0.269 e. The minimum Gasteiger partial charge on any atom is -0.497 e. The number of likely N-dealkylation sites (tertiary alicyclic amines) is 1. The Labute approximate surface area is 163 Å².